The van der Waals surface area contributed by atoms with E-state index in [0.29, 0.717) is 54.7 Å². The van der Waals surface area contributed by atoms with E-state index < -0.39 is 30.3 Å². The number of anilines is 1. The molecule has 3 aromatic carbocycles. The van der Waals surface area contributed by atoms with Crippen molar-refractivity contribution in [2.75, 3.05) is 18.6 Å². The molecule has 3 aliphatic rings. The van der Waals surface area contributed by atoms with Crippen molar-refractivity contribution < 1.29 is 29.0 Å². The third-order valence-corrected chi connectivity index (χ3v) is 12.3. The number of halogens is 1. The number of nitrogens with one attached hydrogen (secondary N) is 4. The van der Waals surface area contributed by atoms with Gasteiger partial charge in [0.25, 0.3) is 0 Å². The monoisotopic (exact) mass is 841 g/mol. The smallest absolute Gasteiger partial charge is 0.407 e. The summed E-state index contributed by atoms with van der Waals surface area (Å²) in [6.07, 6.45) is 4.72. The minimum atomic E-state index is -1.22. The van der Waals surface area contributed by atoms with Gasteiger partial charge in [0, 0.05) is 35.7 Å². The van der Waals surface area contributed by atoms with Gasteiger partial charge in [0.2, 0.25) is 11.8 Å². The summed E-state index contributed by atoms with van der Waals surface area (Å²) in [6.45, 7) is 4.30. The van der Waals surface area contributed by atoms with E-state index in [-0.39, 0.29) is 23.8 Å². The second-order valence-corrected chi connectivity index (χ2v) is 16.5. The highest BCUT2D eigenvalue weighted by Crippen LogP contribution is 2.45. The number of aromatic amines is 2. The van der Waals surface area contributed by atoms with Crippen LogP contribution in [0.15, 0.2) is 79.1 Å². The predicted molar refractivity (Wildman–Crippen MR) is 229 cm³/mol. The van der Waals surface area contributed by atoms with Gasteiger partial charge in [-0.1, -0.05) is 80.0 Å². The molecule has 0 unspecified atom stereocenters. The molecule has 15 nitrogen and oxygen atoms in total. The first-order valence-electron chi connectivity index (χ1n) is 20.4. The predicted octanol–water partition coefficient (Wildman–Crippen LogP) is 7.59. The fourth-order valence-corrected chi connectivity index (χ4v) is 9.21. The summed E-state index contributed by atoms with van der Waals surface area (Å²) in [4.78, 5) is 75.5. The molecular formula is C45H44ClN9O6. The SMILES string of the molecule is COC(=O)N[C@H](C(=O)N1CCC[C@H]1c1nc(-c2ccc(-c3ccc4cc(-c5cnc([C@@H]6Cc7cccc8c7N6C(=O)[C@@H](NC(=O)O)CC8)[nH]5)cnc4c3)cc2)c(Cl)[nH]1)C(C)C. The number of aryl methyl sites for hydroxylation is 1. The number of hydrogen-bond donors (Lipinski definition) is 5. The van der Waals surface area contributed by atoms with Crippen molar-refractivity contribution in [1.29, 1.82) is 0 Å². The average molecular weight is 842 g/mol. The summed E-state index contributed by atoms with van der Waals surface area (Å²) in [5.74, 6) is 0.608. The van der Waals surface area contributed by atoms with E-state index in [1.165, 1.54) is 7.11 Å². The van der Waals surface area contributed by atoms with E-state index in [1.54, 1.807) is 22.2 Å². The van der Waals surface area contributed by atoms with Crippen molar-refractivity contribution in [3.05, 3.63) is 107 Å². The van der Waals surface area contributed by atoms with Crippen LogP contribution >= 0.6 is 11.6 Å². The van der Waals surface area contributed by atoms with Crippen LogP contribution in [0.2, 0.25) is 5.15 Å². The summed E-state index contributed by atoms with van der Waals surface area (Å²) >= 11 is 6.73. The Morgan fingerprint density at radius 3 is 2.44 bits per heavy atom. The largest absolute Gasteiger partial charge is 0.465 e. The van der Waals surface area contributed by atoms with E-state index in [4.69, 9.17) is 31.3 Å². The van der Waals surface area contributed by atoms with Crippen LogP contribution in [0.25, 0.3) is 44.5 Å². The van der Waals surface area contributed by atoms with Crippen LogP contribution in [0.4, 0.5) is 15.3 Å². The molecule has 61 heavy (non-hydrogen) atoms. The van der Waals surface area contributed by atoms with Gasteiger partial charge in [-0.05, 0) is 66.0 Å². The molecule has 1 saturated heterocycles. The fraction of sp³-hybridized carbons (Fsp3) is 0.311. The summed E-state index contributed by atoms with van der Waals surface area (Å²) in [7, 11) is 1.27. The van der Waals surface area contributed by atoms with Crippen molar-refractivity contribution in [3.8, 4) is 33.6 Å². The van der Waals surface area contributed by atoms with Gasteiger partial charge in [-0.2, -0.15) is 0 Å². The molecule has 4 atom stereocenters. The lowest BCUT2D eigenvalue weighted by atomic mass is 10.0. The molecule has 0 spiro atoms. The van der Waals surface area contributed by atoms with Crippen LogP contribution in [0.1, 0.15) is 68.0 Å². The molecule has 4 amide bonds. The number of rotatable bonds is 9. The molecule has 0 aliphatic carbocycles. The maximum Gasteiger partial charge on any atom is 0.407 e. The number of nitrogens with zero attached hydrogens (tertiary/aromatic N) is 5. The Morgan fingerprint density at radius 1 is 0.902 bits per heavy atom. The Bertz CT molecular complexity index is 2690. The number of benzene rings is 3. The van der Waals surface area contributed by atoms with Gasteiger partial charge < -0.3 is 35.3 Å². The number of likely N-dealkylation sites (tertiary alicyclic amines) is 1. The molecule has 0 bridgehead atoms. The van der Waals surface area contributed by atoms with Crippen molar-refractivity contribution in [2.45, 2.75) is 70.1 Å². The number of aromatic nitrogens is 5. The van der Waals surface area contributed by atoms with Gasteiger partial charge in [0.05, 0.1) is 42.3 Å². The van der Waals surface area contributed by atoms with Gasteiger partial charge >= 0.3 is 12.2 Å². The number of pyridine rings is 1. The lowest BCUT2D eigenvalue weighted by Gasteiger charge is -2.29. The second kappa shape index (κ2) is 16.0. The zero-order valence-corrected chi connectivity index (χ0v) is 34.5. The van der Waals surface area contributed by atoms with E-state index in [9.17, 15) is 24.3 Å². The first-order valence-corrected chi connectivity index (χ1v) is 20.7. The van der Waals surface area contributed by atoms with Crippen molar-refractivity contribution in [2.24, 2.45) is 5.92 Å². The molecule has 0 saturated carbocycles. The average Bonchev–Trinajstić information content (AvgIpc) is 4.08. The zero-order valence-electron chi connectivity index (χ0n) is 33.7. The molecule has 1 fully saturated rings. The molecule has 3 aliphatic heterocycles. The highest BCUT2D eigenvalue weighted by atomic mass is 35.5. The number of H-pyrrole nitrogens is 2. The van der Waals surface area contributed by atoms with Crippen molar-refractivity contribution >= 4 is 52.2 Å². The number of carbonyl (C=O) groups is 4. The highest BCUT2D eigenvalue weighted by molar-refractivity contribution is 6.32. The lowest BCUT2D eigenvalue weighted by molar-refractivity contribution is -0.135. The number of amides is 4. The third kappa shape index (κ3) is 7.43. The van der Waals surface area contributed by atoms with Gasteiger partial charge in [-0.3, -0.25) is 19.5 Å². The molecular weight excluding hydrogens is 798 g/mol. The van der Waals surface area contributed by atoms with Crippen LogP contribution in [-0.2, 0) is 27.2 Å². The zero-order chi connectivity index (χ0) is 42.5. The summed E-state index contributed by atoms with van der Waals surface area (Å²) in [5, 5.41) is 15.9. The fourth-order valence-electron chi connectivity index (χ4n) is 8.97. The summed E-state index contributed by atoms with van der Waals surface area (Å²) in [6, 6.07) is 19.8. The molecule has 5 N–H and O–H groups in total. The van der Waals surface area contributed by atoms with Crippen LogP contribution in [-0.4, -0.2) is 84.7 Å². The normalized spacial score (nSPS) is 18.9. The number of para-hydroxylation sites is 1. The minimum absolute atomic E-state index is 0.142. The molecule has 3 aromatic heterocycles. The molecule has 6 heterocycles. The third-order valence-electron chi connectivity index (χ3n) is 12.0. The first-order chi connectivity index (χ1) is 29.5. The first kappa shape index (κ1) is 39.7. The van der Waals surface area contributed by atoms with Crippen LogP contribution < -0.4 is 15.5 Å². The van der Waals surface area contributed by atoms with Crippen LogP contribution in [0.3, 0.4) is 0 Å². The lowest BCUT2D eigenvalue weighted by Crippen LogP contribution is -2.51. The van der Waals surface area contributed by atoms with Gasteiger partial charge in [-0.25, -0.2) is 19.6 Å². The summed E-state index contributed by atoms with van der Waals surface area (Å²) < 4.78 is 4.76. The molecule has 0 radical (unpaired) electrons. The van der Waals surface area contributed by atoms with Crippen molar-refractivity contribution in [1.82, 2.24) is 40.5 Å². The van der Waals surface area contributed by atoms with Crippen LogP contribution in [0.5, 0.6) is 0 Å². The molecule has 9 rings (SSSR count). The summed E-state index contributed by atoms with van der Waals surface area (Å²) in [5.41, 5.74) is 8.70. The quantitative estimate of drug-likeness (QED) is 0.0973. The number of carboxylic acid groups (broad SMARTS) is 1. The number of imidazole rings is 2. The van der Waals surface area contributed by atoms with E-state index >= 15 is 0 Å². The molecule has 16 heteroatoms. The second-order valence-electron chi connectivity index (χ2n) is 16.1. The number of alkyl carbamates (subject to hydrolysis) is 1. The van der Waals surface area contributed by atoms with E-state index in [0.717, 1.165) is 62.1 Å². The number of fused-ring (bicyclic) bond motifs is 1. The maximum absolute atomic E-state index is 13.8. The Labute approximate surface area is 355 Å². The highest BCUT2D eigenvalue weighted by Gasteiger charge is 2.43. The van der Waals surface area contributed by atoms with Gasteiger partial charge in [0.15, 0.2) is 0 Å². The maximum atomic E-state index is 13.8. The minimum Gasteiger partial charge on any atom is -0.465 e. The Kier molecular flexibility index (Phi) is 10.4. The van der Waals surface area contributed by atoms with Gasteiger partial charge in [-0.15, -0.1) is 0 Å². The number of carbonyl (C=O) groups excluding carboxylic acids is 3. The topological polar surface area (TPSA) is 199 Å². The molecule has 312 valence electrons. The van der Waals surface area contributed by atoms with E-state index in [1.807, 2.05) is 80.6 Å². The number of ether oxygens (including phenoxy) is 1. The number of methoxy groups -OCH3 is 1. The van der Waals surface area contributed by atoms with Gasteiger partial charge in [0.1, 0.15) is 34.6 Å². The Hall–Kier alpha value is -6.74. The number of hydrogen-bond acceptors (Lipinski definition) is 8. The molecule has 6 aromatic rings. The Balaban J connectivity index is 0.910. The van der Waals surface area contributed by atoms with E-state index in [2.05, 4.69) is 20.6 Å². The van der Waals surface area contributed by atoms with Crippen LogP contribution in [0, 0.1) is 5.92 Å². The Morgan fingerprint density at radius 2 is 1.67 bits per heavy atom. The standard InChI is InChI=1S/C45H44ClN9O6/c1-23(2)36(52-45(60)61-3)43(57)54-17-5-8-34(54)41-51-37(39(46)53-41)25-11-9-24(10-12-25)27-13-14-28-18-30(21-47-32(28)19-27)33-22-48-40(49-33)35-20-29-7-4-6-26-15-16-31(50-44(58)59)42(56)55(35)38(26)29/h4,6-7,9-14,18-19,21-23,31,34-36,50H,5,8,15-17,20H2,1-3H3,(H,48,49)(H,51,53)(H,52,60)(H,58,59)/t31-,34-,35-,36-/m0/s1. The van der Waals surface area contributed by atoms with Crippen molar-refractivity contribution in [3.63, 3.8) is 0 Å².